The maximum atomic E-state index is 12.8. The third kappa shape index (κ3) is 5.14. The third-order valence-corrected chi connectivity index (χ3v) is 3.78. The second kappa shape index (κ2) is 7.34. The smallest absolute Gasteiger partial charge is 0.393 e. The molecule has 2 nitrogen and oxygen atoms in total. The Morgan fingerprint density at radius 2 is 1.94 bits per heavy atom. The molecule has 1 aliphatic carbocycles. The number of rotatable bonds is 6. The lowest BCUT2D eigenvalue weighted by Gasteiger charge is -2.33. The fourth-order valence-electron chi connectivity index (χ4n) is 2.60. The molecule has 5 heteroatoms. The summed E-state index contributed by atoms with van der Waals surface area (Å²) in [5, 5.41) is 11.9. The van der Waals surface area contributed by atoms with Crippen molar-refractivity contribution in [1.82, 2.24) is 5.32 Å². The minimum Gasteiger partial charge on any atom is -0.396 e. The van der Waals surface area contributed by atoms with E-state index in [0.29, 0.717) is 19.4 Å². The lowest BCUT2D eigenvalue weighted by Crippen LogP contribution is -2.45. The van der Waals surface area contributed by atoms with Gasteiger partial charge in [0.25, 0.3) is 0 Å². The van der Waals surface area contributed by atoms with Crippen LogP contribution < -0.4 is 5.32 Å². The van der Waals surface area contributed by atoms with Gasteiger partial charge in [0.2, 0.25) is 0 Å². The number of aliphatic hydroxyl groups excluding tert-OH is 1. The average Bonchev–Trinajstić information content (AvgIpc) is 2.33. The fraction of sp³-hybridized carbons (Fsp3) is 1.00. The number of nitrogens with one attached hydrogen (secondary N) is 1. The van der Waals surface area contributed by atoms with Crippen LogP contribution in [0.15, 0.2) is 0 Å². The Kier molecular flexibility index (Phi) is 6.43. The molecule has 1 saturated carbocycles. The molecule has 3 atom stereocenters. The van der Waals surface area contributed by atoms with Crippen LogP contribution in [0.4, 0.5) is 13.2 Å². The van der Waals surface area contributed by atoms with Crippen LogP contribution in [0, 0.1) is 11.8 Å². The molecule has 0 radical (unpaired) electrons. The summed E-state index contributed by atoms with van der Waals surface area (Å²) in [6.45, 7) is 2.70. The van der Waals surface area contributed by atoms with Gasteiger partial charge in [-0.15, -0.1) is 0 Å². The van der Waals surface area contributed by atoms with Crippen LogP contribution in [0.25, 0.3) is 0 Å². The Labute approximate surface area is 107 Å². The van der Waals surface area contributed by atoms with E-state index in [1.165, 1.54) is 0 Å². The van der Waals surface area contributed by atoms with Gasteiger partial charge in [-0.3, -0.25) is 0 Å². The van der Waals surface area contributed by atoms with E-state index in [4.69, 9.17) is 5.11 Å². The summed E-state index contributed by atoms with van der Waals surface area (Å²) in [6.07, 6.45) is 0.0569. The van der Waals surface area contributed by atoms with Crippen molar-refractivity contribution in [3.05, 3.63) is 0 Å². The van der Waals surface area contributed by atoms with Gasteiger partial charge < -0.3 is 10.4 Å². The highest BCUT2D eigenvalue weighted by atomic mass is 19.4. The second-order valence-corrected chi connectivity index (χ2v) is 5.42. The molecular weight excluding hydrogens is 243 g/mol. The Hall–Kier alpha value is -0.290. The highest BCUT2D eigenvalue weighted by molar-refractivity contribution is 4.85. The van der Waals surface area contributed by atoms with Gasteiger partial charge in [-0.25, -0.2) is 0 Å². The predicted octanol–water partition coefficient (Wildman–Crippen LogP) is 3.11. The van der Waals surface area contributed by atoms with Gasteiger partial charge >= 0.3 is 6.18 Å². The van der Waals surface area contributed by atoms with Crippen LogP contribution in [-0.2, 0) is 0 Å². The first-order valence-corrected chi connectivity index (χ1v) is 6.86. The van der Waals surface area contributed by atoms with Crippen molar-refractivity contribution in [2.45, 2.75) is 57.7 Å². The number of alkyl halides is 3. The largest absolute Gasteiger partial charge is 0.396 e. The summed E-state index contributed by atoms with van der Waals surface area (Å²) in [5.41, 5.74) is 0. The first kappa shape index (κ1) is 15.8. The van der Waals surface area contributed by atoms with Crippen LogP contribution in [0.5, 0.6) is 0 Å². The first-order valence-electron chi connectivity index (χ1n) is 6.86. The van der Waals surface area contributed by atoms with Crippen molar-refractivity contribution >= 4 is 0 Å². The minimum atomic E-state index is -4.07. The number of aliphatic hydroxyl groups is 1. The molecule has 0 amide bonds. The lowest BCUT2D eigenvalue weighted by molar-refractivity contribution is -0.188. The van der Waals surface area contributed by atoms with Gasteiger partial charge in [0.15, 0.2) is 0 Å². The quantitative estimate of drug-likeness (QED) is 0.725. The van der Waals surface area contributed by atoms with Crippen LogP contribution in [-0.4, -0.2) is 30.5 Å². The molecule has 0 spiro atoms. The van der Waals surface area contributed by atoms with E-state index in [1.807, 2.05) is 6.92 Å². The molecule has 0 saturated heterocycles. The molecule has 0 heterocycles. The van der Waals surface area contributed by atoms with Gasteiger partial charge in [0.05, 0.1) is 5.92 Å². The van der Waals surface area contributed by atoms with Crippen molar-refractivity contribution in [1.29, 1.82) is 0 Å². The summed E-state index contributed by atoms with van der Waals surface area (Å²) in [6, 6.07) is -0.414. The summed E-state index contributed by atoms with van der Waals surface area (Å²) in [4.78, 5) is 0. The molecule has 18 heavy (non-hydrogen) atoms. The molecule has 1 aliphatic rings. The maximum absolute atomic E-state index is 12.8. The van der Waals surface area contributed by atoms with E-state index >= 15 is 0 Å². The van der Waals surface area contributed by atoms with Crippen molar-refractivity contribution < 1.29 is 18.3 Å². The zero-order valence-corrected chi connectivity index (χ0v) is 11.0. The minimum absolute atomic E-state index is 0.147. The second-order valence-electron chi connectivity index (χ2n) is 5.42. The molecule has 0 aliphatic heterocycles. The van der Waals surface area contributed by atoms with Crippen molar-refractivity contribution in [3.63, 3.8) is 0 Å². The maximum Gasteiger partial charge on any atom is 0.393 e. The molecule has 3 unspecified atom stereocenters. The number of halogens is 3. The van der Waals surface area contributed by atoms with Crippen LogP contribution in [0.3, 0.4) is 0 Å². The number of hydrogen-bond acceptors (Lipinski definition) is 2. The Balaban J connectivity index is 2.30. The van der Waals surface area contributed by atoms with Crippen molar-refractivity contribution in [3.8, 4) is 0 Å². The molecule has 0 aromatic rings. The van der Waals surface area contributed by atoms with Gasteiger partial charge in [-0.1, -0.05) is 19.8 Å². The normalized spacial score (nSPS) is 27.2. The predicted molar refractivity (Wildman–Crippen MR) is 65.3 cm³/mol. The SMILES string of the molecule is CC(CO)CCCNC1CCCCC1C(F)(F)F. The topological polar surface area (TPSA) is 32.3 Å². The number of hydrogen-bond donors (Lipinski definition) is 2. The van der Waals surface area contributed by atoms with E-state index in [0.717, 1.165) is 19.3 Å². The van der Waals surface area contributed by atoms with Crippen LogP contribution in [0.2, 0.25) is 0 Å². The van der Waals surface area contributed by atoms with E-state index in [-0.39, 0.29) is 18.9 Å². The molecule has 0 aromatic heterocycles. The molecule has 0 bridgehead atoms. The third-order valence-electron chi connectivity index (χ3n) is 3.78. The molecular formula is C13H24F3NO. The van der Waals surface area contributed by atoms with Gasteiger partial charge in [-0.2, -0.15) is 13.2 Å². The average molecular weight is 267 g/mol. The summed E-state index contributed by atoms with van der Waals surface area (Å²) in [5.74, 6) is -0.946. The summed E-state index contributed by atoms with van der Waals surface area (Å²) in [7, 11) is 0. The first-order chi connectivity index (χ1) is 8.45. The Morgan fingerprint density at radius 3 is 2.56 bits per heavy atom. The highest BCUT2D eigenvalue weighted by Gasteiger charge is 2.45. The molecule has 1 rings (SSSR count). The molecule has 1 fully saturated rings. The van der Waals surface area contributed by atoms with Crippen LogP contribution in [0.1, 0.15) is 45.4 Å². The Bertz CT molecular complexity index is 233. The van der Waals surface area contributed by atoms with Gasteiger partial charge in [-0.05, 0) is 38.1 Å². The van der Waals surface area contributed by atoms with Crippen molar-refractivity contribution in [2.24, 2.45) is 11.8 Å². The highest BCUT2D eigenvalue weighted by Crippen LogP contribution is 2.37. The standard InChI is InChI=1S/C13H24F3NO/c1-10(9-18)5-4-8-17-12-7-3-2-6-11(12)13(14,15)16/h10-12,17-18H,2-9H2,1H3. The van der Waals surface area contributed by atoms with E-state index in [2.05, 4.69) is 5.32 Å². The van der Waals surface area contributed by atoms with E-state index in [1.54, 1.807) is 0 Å². The molecule has 2 N–H and O–H groups in total. The Morgan fingerprint density at radius 1 is 1.28 bits per heavy atom. The molecule has 0 aromatic carbocycles. The van der Waals surface area contributed by atoms with Gasteiger partial charge in [0, 0.05) is 12.6 Å². The zero-order valence-electron chi connectivity index (χ0n) is 11.0. The zero-order chi connectivity index (χ0) is 13.6. The summed E-state index contributed by atoms with van der Waals surface area (Å²) < 4.78 is 38.4. The van der Waals surface area contributed by atoms with Gasteiger partial charge in [0.1, 0.15) is 0 Å². The summed E-state index contributed by atoms with van der Waals surface area (Å²) >= 11 is 0. The van der Waals surface area contributed by atoms with E-state index in [9.17, 15) is 13.2 Å². The van der Waals surface area contributed by atoms with Crippen LogP contribution >= 0.6 is 0 Å². The monoisotopic (exact) mass is 267 g/mol. The fourth-order valence-corrected chi connectivity index (χ4v) is 2.60. The molecule has 108 valence electrons. The van der Waals surface area contributed by atoms with E-state index < -0.39 is 18.1 Å². The van der Waals surface area contributed by atoms with Crippen molar-refractivity contribution in [2.75, 3.05) is 13.2 Å². The lowest BCUT2D eigenvalue weighted by atomic mass is 9.84.